The van der Waals surface area contributed by atoms with Gasteiger partial charge in [-0.1, -0.05) is 46.3 Å². The van der Waals surface area contributed by atoms with Gasteiger partial charge in [0.05, 0.1) is 6.04 Å². The lowest BCUT2D eigenvalue weighted by molar-refractivity contribution is -0.148. The molecule has 0 aromatic heterocycles. The van der Waals surface area contributed by atoms with Crippen molar-refractivity contribution in [3.63, 3.8) is 0 Å². The zero-order valence-electron chi connectivity index (χ0n) is 15.3. The molecule has 8 heteroatoms. The molecule has 2 N–H and O–H groups in total. The van der Waals surface area contributed by atoms with E-state index in [1.54, 1.807) is 24.3 Å². The van der Waals surface area contributed by atoms with E-state index >= 15 is 0 Å². The van der Waals surface area contributed by atoms with Crippen molar-refractivity contribution in [2.75, 3.05) is 19.8 Å². The predicted molar refractivity (Wildman–Crippen MR) is 107 cm³/mol. The maximum atomic E-state index is 11.9. The number of hydrogen-bond donors (Lipinski definition) is 2. The highest BCUT2D eigenvalue weighted by atomic mass is 79.9. The first kappa shape index (κ1) is 21.4. The van der Waals surface area contributed by atoms with Crippen LogP contribution in [0.5, 0.6) is 5.75 Å². The first-order valence-electron chi connectivity index (χ1n) is 8.59. The molecule has 0 fully saturated rings. The van der Waals surface area contributed by atoms with Crippen molar-refractivity contribution < 1.29 is 23.9 Å². The molecular formula is C20H21BrN2O5. The standard InChI is InChI=1S/C20H21BrN2O5/c1-14(15-7-9-16(21)10-8-15)23-19(25)13-28-20(26)11-22-18(24)12-27-17-5-3-2-4-6-17/h2-10,14H,11-13H2,1H3,(H,22,24)(H,23,25). The molecule has 2 amide bonds. The molecule has 1 unspecified atom stereocenters. The van der Waals surface area contributed by atoms with Crippen LogP contribution in [0.1, 0.15) is 18.5 Å². The smallest absolute Gasteiger partial charge is 0.325 e. The van der Waals surface area contributed by atoms with Crippen LogP contribution < -0.4 is 15.4 Å². The minimum absolute atomic E-state index is 0.220. The maximum Gasteiger partial charge on any atom is 0.325 e. The van der Waals surface area contributed by atoms with Gasteiger partial charge in [-0.05, 0) is 36.8 Å². The molecule has 0 aliphatic rings. The van der Waals surface area contributed by atoms with E-state index < -0.39 is 24.4 Å². The number of carbonyl (C=O) groups is 3. The van der Waals surface area contributed by atoms with E-state index in [-0.39, 0.29) is 19.2 Å². The lowest BCUT2D eigenvalue weighted by atomic mass is 10.1. The fourth-order valence-corrected chi connectivity index (χ4v) is 2.47. The van der Waals surface area contributed by atoms with Gasteiger partial charge in [0.1, 0.15) is 12.3 Å². The second-order valence-electron chi connectivity index (χ2n) is 5.88. The zero-order valence-corrected chi connectivity index (χ0v) is 16.9. The van der Waals surface area contributed by atoms with Crippen molar-refractivity contribution in [3.8, 4) is 5.75 Å². The summed E-state index contributed by atoms with van der Waals surface area (Å²) in [6, 6.07) is 16.1. The van der Waals surface area contributed by atoms with Crippen molar-refractivity contribution in [2.24, 2.45) is 0 Å². The van der Waals surface area contributed by atoms with Crippen molar-refractivity contribution in [1.29, 1.82) is 0 Å². The van der Waals surface area contributed by atoms with Crippen molar-refractivity contribution in [3.05, 3.63) is 64.6 Å². The van der Waals surface area contributed by atoms with Gasteiger partial charge in [-0.2, -0.15) is 0 Å². The second kappa shape index (κ2) is 11.1. The quantitative estimate of drug-likeness (QED) is 0.574. The van der Waals surface area contributed by atoms with Gasteiger partial charge in [0, 0.05) is 4.47 Å². The summed E-state index contributed by atoms with van der Waals surface area (Å²) in [7, 11) is 0. The number of nitrogens with one attached hydrogen (secondary N) is 2. The van der Waals surface area contributed by atoms with Crippen molar-refractivity contribution in [1.82, 2.24) is 10.6 Å². The third-order valence-corrected chi connectivity index (χ3v) is 4.18. The number of esters is 1. The normalized spacial score (nSPS) is 11.2. The van der Waals surface area contributed by atoms with E-state index in [0.717, 1.165) is 10.0 Å². The Morgan fingerprint density at radius 2 is 1.64 bits per heavy atom. The number of amides is 2. The molecule has 0 saturated heterocycles. The van der Waals surface area contributed by atoms with Crippen LogP contribution in [0.25, 0.3) is 0 Å². The molecule has 0 radical (unpaired) electrons. The van der Waals surface area contributed by atoms with Crippen molar-refractivity contribution in [2.45, 2.75) is 13.0 Å². The average molecular weight is 449 g/mol. The molecule has 0 aliphatic heterocycles. The largest absolute Gasteiger partial charge is 0.484 e. The van der Waals surface area contributed by atoms with Gasteiger partial charge in [-0.25, -0.2) is 0 Å². The molecule has 0 heterocycles. The average Bonchev–Trinajstić information content (AvgIpc) is 2.70. The Morgan fingerprint density at radius 3 is 2.32 bits per heavy atom. The van der Waals surface area contributed by atoms with Crippen LogP contribution >= 0.6 is 15.9 Å². The molecule has 2 rings (SSSR count). The van der Waals surface area contributed by atoms with Gasteiger partial charge >= 0.3 is 5.97 Å². The first-order valence-corrected chi connectivity index (χ1v) is 9.38. The van der Waals surface area contributed by atoms with Gasteiger partial charge in [-0.15, -0.1) is 0 Å². The summed E-state index contributed by atoms with van der Waals surface area (Å²) >= 11 is 3.35. The van der Waals surface area contributed by atoms with Crippen LogP contribution in [0.4, 0.5) is 0 Å². The molecule has 0 saturated carbocycles. The minimum atomic E-state index is -0.709. The topological polar surface area (TPSA) is 93.7 Å². The van der Waals surface area contributed by atoms with E-state index in [0.29, 0.717) is 5.75 Å². The third-order valence-electron chi connectivity index (χ3n) is 3.65. The zero-order chi connectivity index (χ0) is 20.4. The number of rotatable bonds is 9. The van der Waals surface area contributed by atoms with Crippen LogP contribution in [0.3, 0.4) is 0 Å². The maximum absolute atomic E-state index is 11.9. The second-order valence-corrected chi connectivity index (χ2v) is 6.80. The molecule has 2 aromatic carbocycles. The van der Waals surface area contributed by atoms with Crippen LogP contribution in [0.15, 0.2) is 59.1 Å². The predicted octanol–water partition coefficient (Wildman–Crippen LogP) is 2.36. The highest BCUT2D eigenvalue weighted by molar-refractivity contribution is 9.10. The van der Waals surface area contributed by atoms with E-state index in [2.05, 4.69) is 26.6 Å². The summed E-state index contributed by atoms with van der Waals surface area (Å²) in [5.74, 6) is -1.05. The van der Waals surface area contributed by atoms with Crippen LogP contribution in [-0.4, -0.2) is 37.5 Å². The summed E-state index contributed by atoms with van der Waals surface area (Å²) in [6.45, 7) is 0.848. The summed E-state index contributed by atoms with van der Waals surface area (Å²) in [6.07, 6.45) is 0. The Hall–Kier alpha value is -2.87. The summed E-state index contributed by atoms with van der Waals surface area (Å²) in [4.78, 5) is 35.2. The minimum Gasteiger partial charge on any atom is -0.484 e. The fourth-order valence-electron chi connectivity index (χ4n) is 2.20. The van der Waals surface area contributed by atoms with E-state index in [1.165, 1.54) is 0 Å². The molecule has 0 aliphatic carbocycles. The van der Waals surface area contributed by atoms with Gasteiger partial charge < -0.3 is 20.1 Å². The summed E-state index contributed by atoms with van der Waals surface area (Å²) in [5, 5.41) is 5.11. The lowest BCUT2D eigenvalue weighted by Crippen LogP contribution is -2.36. The van der Waals surface area contributed by atoms with Crippen LogP contribution in [0.2, 0.25) is 0 Å². The van der Waals surface area contributed by atoms with Gasteiger partial charge in [0.15, 0.2) is 13.2 Å². The SMILES string of the molecule is CC(NC(=O)COC(=O)CNC(=O)COc1ccccc1)c1ccc(Br)cc1. The number of hydrogen-bond acceptors (Lipinski definition) is 5. The molecule has 7 nitrogen and oxygen atoms in total. The Bertz CT molecular complexity index is 796. The summed E-state index contributed by atoms with van der Waals surface area (Å²) < 4.78 is 11.1. The molecule has 148 valence electrons. The van der Waals surface area contributed by atoms with Crippen LogP contribution in [-0.2, 0) is 19.1 Å². The Balaban J connectivity index is 1.62. The third kappa shape index (κ3) is 7.79. The number of carbonyl (C=O) groups excluding carboxylic acids is 3. The molecular weight excluding hydrogens is 428 g/mol. The fraction of sp³-hybridized carbons (Fsp3) is 0.250. The molecule has 28 heavy (non-hydrogen) atoms. The van der Waals surface area contributed by atoms with Crippen molar-refractivity contribution >= 4 is 33.7 Å². The van der Waals surface area contributed by atoms with Crippen LogP contribution in [0, 0.1) is 0 Å². The number of halogens is 1. The van der Waals surface area contributed by atoms with Gasteiger partial charge in [-0.3, -0.25) is 14.4 Å². The Labute approximate surface area is 171 Å². The van der Waals surface area contributed by atoms with E-state index in [9.17, 15) is 14.4 Å². The number of para-hydroxylation sites is 1. The van der Waals surface area contributed by atoms with E-state index in [1.807, 2.05) is 37.3 Å². The Kier molecular flexibility index (Phi) is 8.48. The highest BCUT2D eigenvalue weighted by Gasteiger charge is 2.13. The molecule has 0 bridgehead atoms. The summed E-state index contributed by atoms with van der Waals surface area (Å²) in [5.41, 5.74) is 0.925. The van der Waals surface area contributed by atoms with E-state index in [4.69, 9.17) is 9.47 Å². The Morgan fingerprint density at radius 1 is 0.964 bits per heavy atom. The first-order chi connectivity index (χ1) is 13.4. The lowest BCUT2D eigenvalue weighted by Gasteiger charge is -2.14. The van der Waals surface area contributed by atoms with Gasteiger partial charge in [0.25, 0.3) is 11.8 Å². The molecule has 2 aromatic rings. The molecule has 1 atom stereocenters. The molecule has 0 spiro atoms. The number of ether oxygens (including phenoxy) is 2. The van der Waals surface area contributed by atoms with Gasteiger partial charge in [0.2, 0.25) is 0 Å². The monoisotopic (exact) mass is 448 g/mol. The highest BCUT2D eigenvalue weighted by Crippen LogP contribution is 2.16. The number of benzene rings is 2.